The van der Waals surface area contributed by atoms with Crippen molar-refractivity contribution in [2.75, 3.05) is 0 Å². The van der Waals surface area contributed by atoms with Gasteiger partial charge in [-0.1, -0.05) is 35.0 Å². The van der Waals surface area contributed by atoms with Crippen LogP contribution in [0.25, 0.3) is 0 Å². The number of amidine groups is 1. The molecule has 118 valence electrons. The minimum absolute atomic E-state index is 0.0170. The van der Waals surface area contributed by atoms with Crippen LogP contribution in [0.15, 0.2) is 53.7 Å². The highest BCUT2D eigenvalue weighted by Crippen LogP contribution is 2.13. The van der Waals surface area contributed by atoms with E-state index in [0.717, 1.165) is 0 Å². The Kier molecular flexibility index (Phi) is 5.27. The van der Waals surface area contributed by atoms with Crippen LogP contribution in [0.5, 0.6) is 0 Å². The van der Waals surface area contributed by atoms with E-state index >= 15 is 0 Å². The maximum absolute atomic E-state index is 11.8. The molecular weight excluding hydrogens is 322 g/mol. The van der Waals surface area contributed by atoms with E-state index in [0.29, 0.717) is 10.6 Å². The number of halogens is 1. The zero-order chi connectivity index (χ0) is 16.8. The molecule has 0 bridgehead atoms. The molecule has 0 atom stereocenters. The van der Waals surface area contributed by atoms with E-state index in [2.05, 4.69) is 5.16 Å². The lowest BCUT2D eigenvalue weighted by molar-refractivity contribution is -0.384. The number of non-ortho nitro benzene ring substituents is 1. The van der Waals surface area contributed by atoms with Gasteiger partial charge in [-0.3, -0.25) is 10.1 Å². The summed E-state index contributed by atoms with van der Waals surface area (Å²) in [5.41, 5.74) is 6.61. The average molecular weight is 334 g/mol. The van der Waals surface area contributed by atoms with Crippen molar-refractivity contribution < 1.29 is 14.6 Å². The summed E-state index contributed by atoms with van der Waals surface area (Å²) < 4.78 is 0. The molecule has 0 spiro atoms. The van der Waals surface area contributed by atoms with Crippen LogP contribution in [0.2, 0.25) is 5.02 Å². The van der Waals surface area contributed by atoms with Gasteiger partial charge in [0.2, 0.25) is 0 Å². The van der Waals surface area contributed by atoms with E-state index in [-0.39, 0.29) is 23.5 Å². The van der Waals surface area contributed by atoms with Crippen LogP contribution >= 0.6 is 11.6 Å². The molecule has 2 aromatic carbocycles. The van der Waals surface area contributed by atoms with E-state index in [1.165, 1.54) is 24.3 Å². The average Bonchev–Trinajstić information content (AvgIpc) is 2.53. The second kappa shape index (κ2) is 7.37. The first-order valence-corrected chi connectivity index (χ1v) is 6.86. The van der Waals surface area contributed by atoms with Gasteiger partial charge >= 0.3 is 5.97 Å². The number of carbonyl (C=O) groups excluding carboxylic acids is 1. The summed E-state index contributed by atoms with van der Waals surface area (Å²) >= 11 is 5.78. The molecule has 0 radical (unpaired) electrons. The SMILES string of the molecule is N/C(Cc1ccc([N+](=O)[O-])cc1)=N\OC(=O)c1cccc(Cl)c1. The Hall–Kier alpha value is -2.93. The van der Waals surface area contributed by atoms with Gasteiger partial charge < -0.3 is 10.6 Å². The Bertz CT molecular complexity index is 760. The Morgan fingerprint density at radius 3 is 2.57 bits per heavy atom. The van der Waals surface area contributed by atoms with Gasteiger partial charge in [0.15, 0.2) is 0 Å². The molecule has 8 heteroatoms. The Balaban J connectivity index is 1.97. The molecular formula is C15H12ClN3O4. The maximum atomic E-state index is 11.8. The Labute approximate surface area is 136 Å². The molecule has 2 rings (SSSR count). The summed E-state index contributed by atoms with van der Waals surface area (Å²) in [6.07, 6.45) is 0.195. The predicted octanol–water partition coefficient (Wildman–Crippen LogP) is 2.92. The molecule has 0 aliphatic carbocycles. The van der Waals surface area contributed by atoms with E-state index < -0.39 is 10.9 Å². The highest BCUT2D eigenvalue weighted by molar-refractivity contribution is 6.30. The van der Waals surface area contributed by atoms with Gasteiger partial charge in [-0.25, -0.2) is 4.79 Å². The zero-order valence-electron chi connectivity index (χ0n) is 11.8. The third-order valence-corrected chi connectivity index (χ3v) is 3.07. The summed E-state index contributed by atoms with van der Waals surface area (Å²) in [5.74, 6) is -0.617. The predicted molar refractivity (Wildman–Crippen MR) is 85.3 cm³/mol. The molecule has 0 aromatic heterocycles. The number of hydrogen-bond acceptors (Lipinski definition) is 5. The second-order valence-corrected chi connectivity index (χ2v) is 5.01. The standard InChI is InChI=1S/C15H12ClN3O4/c16-12-3-1-2-11(9-12)15(20)23-18-14(17)8-10-4-6-13(7-5-10)19(21)22/h1-7,9H,8H2,(H2,17,18). The highest BCUT2D eigenvalue weighted by Gasteiger charge is 2.09. The highest BCUT2D eigenvalue weighted by atomic mass is 35.5. The summed E-state index contributed by atoms with van der Waals surface area (Å²) in [5, 5.41) is 14.5. The monoisotopic (exact) mass is 333 g/mol. The molecule has 0 fully saturated rings. The molecule has 0 unspecified atom stereocenters. The first-order chi connectivity index (χ1) is 11.0. The van der Waals surface area contributed by atoms with Crippen molar-refractivity contribution in [2.24, 2.45) is 10.9 Å². The van der Waals surface area contributed by atoms with Crippen LogP contribution in [-0.2, 0) is 11.3 Å². The molecule has 0 aliphatic rings. The van der Waals surface area contributed by atoms with Crippen LogP contribution in [0.3, 0.4) is 0 Å². The van der Waals surface area contributed by atoms with Gasteiger partial charge in [0.05, 0.1) is 10.5 Å². The number of rotatable bonds is 5. The third kappa shape index (κ3) is 4.79. The topological polar surface area (TPSA) is 108 Å². The lowest BCUT2D eigenvalue weighted by atomic mass is 10.1. The number of nitro benzene ring substituents is 1. The van der Waals surface area contributed by atoms with Crippen molar-refractivity contribution in [1.82, 2.24) is 0 Å². The van der Waals surface area contributed by atoms with Gasteiger partial charge in [-0.05, 0) is 23.8 Å². The van der Waals surface area contributed by atoms with Crippen molar-refractivity contribution in [3.63, 3.8) is 0 Å². The smallest absolute Gasteiger partial charge is 0.365 e. The van der Waals surface area contributed by atoms with Gasteiger partial charge in [-0.2, -0.15) is 0 Å². The lowest BCUT2D eigenvalue weighted by Crippen LogP contribution is -2.16. The number of nitro groups is 1. The summed E-state index contributed by atoms with van der Waals surface area (Å²) in [6.45, 7) is 0. The fourth-order valence-electron chi connectivity index (χ4n) is 1.75. The molecule has 2 aromatic rings. The minimum atomic E-state index is -0.681. The van der Waals surface area contributed by atoms with Gasteiger partial charge in [0, 0.05) is 23.6 Å². The number of hydrogen-bond donors (Lipinski definition) is 1. The summed E-state index contributed by atoms with van der Waals surface area (Å²) in [6, 6.07) is 12.1. The summed E-state index contributed by atoms with van der Waals surface area (Å²) in [7, 11) is 0. The van der Waals surface area contributed by atoms with Crippen molar-refractivity contribution >= 4 is 29.1 Å². The van der Waals surface area contributed by atoms with Gasteiger partial charge in [-0.15, -0.1) is 0 Å². The third-order valence-electron chi connectivity index (χ3n) is 2.84. The van der Waals surface area contributed by atoms with E-state index in [1.807, 2.05) is 0 Å². The maximum Gasteiger partial charge on any atom is 0.365 e. The Morgan fingerprint density at radius 2 is 1.96 bits per heavy atom. The van der Waals surface area contributed by atoms with Crippen molar-refractivity contribution in [3.8, 4) is 0 Å². The number of carbonyl (C=O) groups is 1. The molecule has 0 heterocycles. The van der Waals surface area contributed by atoms with Crippen LogP contribution in [0, 0.1) is 10.1 Å². The van der Waals surface area contributed by atoms with E-state index in [9.17, 15) is 14.9 Å². The van der Waals surface area contributed by atoms with E-state index in [4.69, 9.17) is 22.2 Å². The number of oxime groups is 1. The summed E-state index contributed by atoms with van der Waals surface area (Å²) in [4.78, 5) is 26.6. The van der Waals surface area contributed by atoms with Gasteiger partial charge in [0.25, 0.3) is 5.69 Å². The normalized spacial score (nSPS) is 11.1. The molecule has 23 heavy (non-hydrogen) atoms. The largest absolute Gasteiger partial charge is 0.384 e. The molecule has 7 nitrogen and oxygen atoms in total. The Morgan fingerprint density at radius 1 is 1.26 bits per heavy atom. The zero-order valence-corrected chi connectivity index (χ0v) is 12.6. The number of nitrogens with zero attached hydrogens (tertiary/aromatic N) is 2. The fourth-order valence-corrected chi connectivity index (χ4v) is 1.94. The van der Waals surface area contributed by atoms with Crippen molar-refractivity contribution in [1.29, 1.82) is 0 Å². The fraction of sp³-hybridized carbons (Fsp3) is 0.0667. The molecule has 0 saturated carbocycles. The minimum Gasteiger partial charge on any atom is -0.384 e. The first-order valence-electron chi connectivity index (χ1n) is 6.48. The number of benzene rings is 2. The van der Waals surface area contributed by atoms with Gasteiger partial charge in [0.1, 0.15) is 5.84 Å². The van der Waals surface area contributed by atoms with Crippen LogP contribution in [0.1, 0.15) is 15.9 Å². The molecule has 0 amide bonds. The second-order valence-electron chi connectivity index (χ2n) is 4.57. The molecule has 0 saturated heterocycles. The molecule has 0 aliphatic heterocycles. The van der Waals surface area contributed by atoms with E-state index in [1.54, 1.807) is 24.3 Å². The lowest BCUT2D eigenvalue weighted by Gasteiger charge is -2.02. The van der Waals surface area contributed by atoms with Crippen molar-refractivity contribution in [2.45, 2.75) is 6.42 Å². The molecule has 2 N–H and O–H groups in total. The quantitative estimate of drug-likeness (QED) is 0.297. The van der Waals surface area contributed by atoms with Crippen LogP contribution < -0.4 is 5.73 Å². The first kappa shape index (κ1) is 16.4. The van der Waals surface area contributed by atoms with Crippen molar-refractivity contribution in [3.05, 3.63) is 74.8 Å². The number of nitrogens with two attached hydrogens (primary N) is 1. The van der Waals surface area contributed by atoms with Crippen LogP contribution in [0.4, 0.5) is 5.69 Å². The van der Waals surface area contributed by atoms with Crippen LogP contribution in [-0.4, -0.2) is 16.7 Å².